The summed E-state index contributed by atoms with van der Waals surface area (Å²) in [5.74, 6) is -0.688. The van der Waals surface area contributed by atoms with Crippen LogP contribution >= 0.6 is 7.82 Å². The van der Waals surface area contributed by atoms with Crippen LogP contribution in [-0.2, 0) is 18.7 Å². The first-order chi connectivity index (χ1) is 13.8. The van der Waals surface area contributed by atoms with Crippen LogP contribution in [0, 0.1) is 28.6 Å². The van der Waals surface area contributed by atoms with Gasteiger partial charge in [0, 0.05) is 11.8 Å². The first-order valence-electron chi connectivity index (χ1n) is 10.7. The summed E-state index contributed by atoms with van der Waals surface area (Å²) in [5, 5.41) is 22.6. The minimum absolute atomic E-state index is 0. The van der Waals surface area contributed by atoms with E-state index < -0.39 is 37.3 Å². The van der Waals surface area contributed by atoms with Gasteiger partial charge in [0.25, 0.3) is 0 Å². The zero-order valence-electron chi connectivity index (χ0n) is 19.3. The molecule has 0 radical (unpaired) electrons. The second kappa shape index (κ2) is 9.87. The first kappa shape index (κ1) is 29.3. The van der Waals surface area contributed by atoms with Crippen LogP contribution in [-0.4, -0.2) is 40.1 Å². The maximum Gasteiger partial charge on any atom is 1.00 e. The number of phosphoric acid groups is 1. The summed E-state index contributed by atoms with van der Waals surface area (Å²) in [4.78, 5) is 46.3. The van der Waals surface area contributed by atoms with Crippen LogP contribution in [0.1, 0.15) is 58.8 Å². The summed E-state index contributed by atoms with van der Waals surface area (Å²) in [7, 11) is -5.33. The molecule has 6 unspecified atom stereocenters. The van der Waals surface area contributed by atoms with Gasteiger partial charge in [-0.25, -0.2) is 0 Å². The molecule has 7 atom stereocenters. The maximum absolute atomic E-state index is 12.8. The summed E-state index contributed by atoms with van der Waals surface area (Å²) in [5.41, 5.74) is -1.96. The molecule has 0 amide bonds. The Kier molecular flexibility index (Phi) is 9.05. The number of ketones is 2. The average Bonchev–Trinajstić information content (AvgIpc) is 2.91. The van der Waals surface area contributed by atoms with Crippen LogP contribution in [0.4, 0.5) is 0 Å². The van der Waals surface area contributed by atoms with E-state index in [1.807, 2.05) is 0 Å². The molecule has 3 saturated carbocycles. The average molecular weight is 486 g/mol. The Balaban J connectivity index is 0.00000181. The number of rotatable bonds is 4. The van der Waals surface area contributed by atoms with Crippen LogP contribution < -0.4 is 68.9 Å². The fourth-order valence-corrected chi connectivity index (χ4v) is 7.68. The zero-order valence-corrected chi connectivity index (χ0v) is 24.2. The Morgan fingerprint density at radius 3 is 2.50 bits per heavy atom. The molecule has 0 saturated heterocycles. The molecular weight excluding hydrogens is 457 g/mol. The Morgan fingerprint density at radius 2 is 1.88 bits per heavy atom. The van der Waals surface area contributed by atoms with Crippen LogP contribution in [0.2, 0.25) is 0 Å². The van der Waals surface area contributed by atoms with E-state index in [1.54, 1.807) is 13.0 Å². The van der Waals surface area contributed by atoms with Gasteiger partial charge < -0.3 is 29.1 Å². The van der Waals surface area contributed by atoms with Gasteiger partial charge in [0.05, 0.1) is 13.9 Å². The third-order valence-electron chi connectivity index (χ3n) is 8.86. The molecule has 11 heteroatoms. The number of Topliss-reactive ketones (excluding diaryl/α,β-unsaturated/α-hetero) is 1. The Bertz CT molecular complexity index is 859. The van der Waals surface area contributed by atoms with Crippen molar-refractivity contribution in [2.45, 2.75) is 70.5 Å². The van der Waals surface area contributed by atoms with Crippen LogP contribution in [0.15, 0.2) is 11.6 Å². The largest absolute Gasteiger partial charge is 1.00 e. The van der Waals surface area contributed by atoms with Crippen molar-refractivity contribution in [1.29, 1.82) is 0 Å². The molecule has 0 aromatic carbocycles. The van der Waals surface area contributed by atoms with Gasteiger partial charge in [0.1, 0.15) is 12.2 Å². The monoisotopic (exact) mass is 486 g/mol. The summed E-state index contributed by atoms with van der Waals surface area (Å²) >= 11 is 0. The van der Waals surface area contributed by atoms with Crippen molar-refractivity contribution >= 4 is 19.4 Å². The molecule has 0 spiro atoms. The topological polar surface area (TPSA) is 147 Å². The number of fused-ring (bicyclic) bond motifs is 5. The number of phosphoric ester groups is 1. The normalized spacial score (nSPS) is 43.1. The molecule has 32 heavy (non-hydrogen) atoms. The molecule has 4 rings (SSSR count). The Labute approximate surface area is 232 Å². The van der Waals surface area contributed by atoms with Gasteiger partial charge in [-0.2, -0.15) is 0 Å². The van der Waals surface area contributed by atoms with Crippen molar-refractivity contribution in [3.8, 4) is 0 Å². The van der Waals surface area contributed by atoms with Gasteiger partial charge >= 0.3 is 59.1 Å². The molecule has 2 N–H and O–H groups in total. The molecule has 3 fully saturated rings. The van der Waals surface area contributed by atoms with Gasteiger partial charge in [-0.05, 0) is 67.8 Å². The predicted molar refractivity (Wildman–Crippen MR) is 102 cm³/mol. The SMILES string of the molecule is CC12CCC(=O)C=C1CCC1C2C(O)CC2(C)C1CC[C@]2(O)C(=O)COP(=O)([O-])[O-].[Na+].[Na+]. The number of hydrogen-bond donors (Lipinski definition) is 2. The van der Waals surface area contributed by atoms with E-state index in [9.17, 15) is 34.2 Å². The fourth-order valence-electron chi connectivity index (χ4n) is 7.41. The van der Waals surface area contributed by atoms with Crippen LogP contribution in [0.5, 0.6) is 0 Å². The molecule has 4 aliphatic rings. The summed E-state index contributed by atoms with van der Waals surface area (Å²) in [6.07, 6.45) is 4.59. The first-order valence-corrected chi connectivity index (χ1v) is 12.1. The van der Waals surface area contributed by atoms with Gasteiger partial charge in [-0.15, -0.1) is 0 Å². The predicted octanol–water partition coefficient (Wildman–Crippen LogP) is -5.36. The smallest absolute Gasteiger partial charge is 0.790 e. The van der Waals surface area contributed by atoms with E-state index >= 15 is 0 Å². The van der Waals surface area contributed by atoms with Crippen molar-refractivity contribution in [2.75, 3.05) is 6.61 Å². The summed E-state index contributed by atoms with van der Waals surface area (Å²) < 4.78 is 15.0. The molecular formula is C21H29Na2O8P. The van der Waals surface area contributed by atoms with Gasteiger partial charge in [0.15, 0.2) is 11.6 Å². The van der Waals surface area contributed by atoms with Gasteiger partial charge in [-0.3, -0.25) is 9.59 Å². The standard InChI is InChI=1S/C21H31O8P.2Na/c1-19-7-5-13(22)9-12(19)3-4-14-15-6-8-21(25,17(24)11-29-30(26,27)28)20(15,2)10-16(23)18(14)19;;/h9,14-16,18,23,25H,3-8,10-11H2,1-2H3,(H2,26,27,28);;/q;2*+1/p-2/t14?,15?,16?,18?,19?,20?,21-;;/m0../s1. The molecule has 0 aliphatic heterocycles. The van der Waals surface area contributed by atoms with E-state index in [2.05, 4.69) is 11.4 Å². The fraction of sp³-hybridized carbons (Fsp3) is 0.810. The van der Waals surface area contributed by atoms with E-state index in [0.717, 1.165) is 18.4 Å². The van der Waals surface area contributed by atoms with E-state index in [-0.39, 0.29) is 101 Å². The van der Waals surface area contributed by atoms with Crippen LogP contribution in [0.3, 0.4) is 0 Å². The van der Waals surface area contributed by atoms with Crippen molar-refractivity contribution in [1.82, 2.24) is 0 Å². The third kappa shape index (κ3) is 4.62. The molecule has 8 nitrogen and oxygen atoms in total. The minimum Gasteiger partial charge on any atom is -0.790 e. The Hall–Kier alpha value is 1.11. The quantitative estimate of drug-likeness (QED) is 0.296. The second-order valence-electron chi connectivity index (χ2n) is 10.1. The van der Waals surface area contributed by atoms with Gasteiger partial charge in [-0.1, -0.05) is 19.4 Å². The molecule has 0 aromatic rings. The molecule has 0 aromatic heterocycles. The van der Waals surface area contributed by atoms with Crippen molar-refractivity contribution in [3.05, 3.63) is 11.6 Å². The Morgan fingerprint density at radius 1 is 1.22 bits per heavy atom. The zero-order chi connectivity index (χ0) is 22.1. The van der Waals surface area contributed by atoms with E-state index in [0.29, 0.717) is 19.3 Å². The van der Waals surface area contributed by atoms with Crippen LogP contribution in [0.25, 0.3) is 0 Å². The second-order valence-corrected chi connectivity index (χ2v) is 11.3. The molecule has 0 bridgehead atoms. The van der Waals surface area contributed by atoms with E-state index in [4.69, 9.17) is 0 Å². The molecule has 0 heterocycles. The molecule has 4 aliphatic carbocycles. The number of aliphatic hydroxyl groups excluding tert-OH is 1. The van der Waals surface area contributed by atoms with Crippen molar-refractivity contribution in [2.24, 2.45) is 28.6 Å². The minimum atomic E-state index is -5.33. The number of aliphatic hydroxyl groups is 2. The number of carbonyl (C=O) groups is 2. The summed E-state index contributed by atoms with van der Waals surface area (Å²) in [6.45, 7) is 2.92. The number of carbonyl (C=O) groups excluding carboxylic acids is 2. The van der Waals surface area contributed by atoms with Crippen molar-refractivity contribution in [3.63, 3.8) is 0 Å². The number of hydrogen-bond acceptors (Lipinski definition) is 8. The molecule has 168 valence electrons. The van der Waals surface area contributed by atoms with E-state index in [1.165, 1.54) is 0 Å². The van der Waals surface area contributed by atoms with Crippen molar-refractivity contribution < 1.29 is 97.8 Å². The number of allylic oxidation sites excluding steroid dienone is 1. The van der Waals surface area contributed by atoms with Gasteiger partial charge in [0.2, 0.25) is 0 Å². The maximum atomic E-state index is 12.8. The summed E-state index contributed by atoms with van der Waals surface area (Å²) in [6, 6.07) is 0. The third-order valence-corrected chi connectivity index (χ3v) is 9.31.